The van der Waals surface area contributed by atoms with Gasteiger partial charge >= 0.3 is 0 Å². The van der Waals surface area contributed by atoms with Crippen molar-refractivity contribution in [3.63, 3.8) is 0 Å². The SMILES string of the molecule is O=C(NC1CCCNCC1)c1cc2ccccc2o1. The molecule has 2 aromatic rings. The van der Waals surface area contributed by atoms with E-state index in [0.717, 1.165) is 43.3 Å². The molecule has 1 aromatic heterocycles. The Morgan fingerprint density at radius 1 is 1.26 bits per heavy atom. The summed E-state index contributed by atoms with van der Waals surface area (Å²) in [4.78, 5) is 12.2. The molecule has 100 valence electrons. The van der Waals surface area contributed by atoms with Crippen molar-refractivity contribution in [3.05, 3.63) is 36.1 Å². The average Bonchev–Trinajstić information content (AvgIpc) is 2.70. The highest BCUT2D eigenvalue weighted by molar-refractivity contribution is 5.96. The van der Waals surface area contributed by atoms with E-state index in [1.165, 1.54) is 0 Å². The van der Waals surface area contributed by atoms with Crippen molar-refractivity contribution in [1.29, 1.82) is 0 Å². The second-order valence-electron chi connectivity index (χ2n) is 5.00. The van der Waals surface area contributed by atoms with Crippen molar-refractivity contribution in [1.82, 2.24) is 10.6 Å². The van der Waals surface area contributed by atoms with Gasteiger partial charge in [0, 0.05) is 11.4 Å². The van der Waals surface area contributed by atoms with Crippen LogP contribution in [-0.4, -0.2) is 25.0 Å². The first-order valence-electron chi connectivity index (χ1n) is 6.83. The van der Waals surface area contributed by atoms with Crippen LogP contribution in [0.15, 0.2) is 34.7 Å². The summed E-state index contributed by atoms with van der Waals surface area (Å²) in [5.74, 6) is 0.293. The Labute approximate surface area is 112 Å². The summed E-state index contributed by atoms with van der Waals surface area (Å²) in [5.41, 5.74) is 0.759. The Morgan fingerprint density at radius 3 is 3.05 bits per heavy atom. The van der Waals surface area contributed by atoms with Gasteiger partial charge in [-0.05, 0) is 44.5 Å². The summed E-state index contributed by atoms with van der Waals surface area (Å²) in [6.07, 6.45) is 3.11. The maximum Gasteiger partial charge on any atom is 0.287 e. The van der Waals surface area contributed by atoms with Crippen molar-refractivity contribution in [2.24, 2.45) is 0 Å². The van der Waals surface area contributed by atoms with Gasteiger partial charge in [0.25, 0.3) is 5.91 Å². The summed E-state index contributed by atoms with van der Waals surface area (Å²) < 4.78 is 5.57. The molecule has 0 radical (unpaired) electrons. The van der Waals surface area contributed by atoms with E-state index in [9.17, 15) is 4.79 Å². The summed E-state index contributed by atoms with van der Waals surface area (Å²) in [6.45, 7) is 2.00. The predicted octanol–water partition coefficient (Wildman–Crippen LogP) is 2.30. The average molecular weight is 258 g/mol. The summed E-state index contributed by atoms with van der Waals surface area (Å²) in [6, 6.07) is 9.73. The fourth-order valence-electron chi connectivity index (χ4n) is 2.51. The Hall–Kier alpha value is -1.81. The number of amides is 1. The lowest BCUT2D eigenvalue weighted by Gasteiger charge is -2.14. The largest absolute Gasteiger partial charge is 0.451 e. The van der Waals surface area contributed by atoms with Crippen molar-refractivity contribution in [2.45, 2.75) is 25.3 Å². The van der Waals surface area contributed by atoms with Crippen molar-refractivity contribution < 1.29 is 9.21 Å². The van der Waals surface area contributed by atoms with Crippen molar-refractivity contribution in [2.75, 3.05) is 13.1 Å². The molecule has 0 bridgehead atoms. The maximum absolute atomic E-state index is 12.2. The summed E-state index contributed by atoms with van der Waals surface area (Å²) in [7, 11) is 0. The molecular weight excluding hydrogens is 240 g/mol. The predicted molar refractivity (Wildman–Crippen MR) is 74.2 cm³/mol. The molecule has 1 unspecified atom stereocenters. The number of para-hydroxylation sites is 1. The first kappa shape index (κ1) is 12.2. The third-order valence-electron chi connectivity index (χ3n) is 3.56. The van der Waals surface area contributed by atoms with Crippen LogP contribution in [0.5, 0.6) is 0 Å². The maximum atomic E-state index is 12.2. The lowest BCUT2D eigenvalue weighted by molar-refractivity contribution is 0.0908. The molecule has 1 amide bonds. The van der Waals surface area contributed by atoms with Crippen LogP contribution in [0.25, 0.3) is 11.0 Å². The normalized spacial score (nSPS) is 20.1. The van der Waals surface area contributed by atoms with Gasteiger partial charge in [-0.15, -0.1) is 0 Å². The molecule has 19 heavy (non-hydrogen) atoms. The molecule has 3 rings (SSSR count). The van der Waals surface area contributed by atoms with Crippen LogP contribution in [0, 0.1) is 0 Å². The van der Waals surface area contributed by atoms with Crippen LogP contribution >= 0.6 is 0 Å². The molecule has 4 heteroatoms. The number of carbonyl (C=O) groups excluding carboxylic acids is 1. The fraction of sp³-hybridized carbons (Fsp3) is 0.400. The van der Waals surface area contributed by atoms with Crippen LogP contribution in [-0.2, 0) is 0 Å². The van der Waals surface area contributed by atoms with E-state index in [2.05, 4.69) is 10.6 Å². The van der Waals surface area contributed by atoms with Gasteiger partial charge in [0.1, 0.15) is 5.58 Å². The fourth-order valence-corrected chi connectivity index (χ4v) is 2.51. The molecule has 1 aliphatic rings. The standard InChI is InChI=1S/C15H18N2O2/c18-15(17-12-5-3-8-16-9-7-12)14-10-11-4-1-2-6-13(11)19-14/h1-2,4,6,10,12,16H,3,5,7-9H2,(H,17,18). The number of nitrogens with one attached hydrogen (secondary N) is 2. The van der Waals surface area contributed by atoms with Gasteiger partial charge < -0.3 is 15.1 Å². The molecule has 1 aliphatic heterocycles. The number of carbonyl (C=O) groups is 1. The van der Waals surface area contributed by atoms with Crippen molar-refractivity contribution in [3.8, 4) is 0 Å². The molecular formula is C15H18N2O2. The topological polar surface area (TPSA) is 54.3 Å². The molecule has 0 spiro atoms. The van der Waals surface area contributed by atoms with Gasteiger partial charge in [0.2, 0.25) is 0 Å². The van der Waals surface area contributed by atoms with Crippen LogP contribution in [0.3, 0.4) is 0 Å². The first-order valence-corrected chi connectivity index (χ1v) is 6.83. The zero-order valence-electron chi connectivity index (χ0n) is 10.8. The third kappa shape index (κ3) is 2.79. The minimum absolute atomic E-state index is 0.108. The van der Waals surface area contributed by atoms with E-state index < -0.39 is 0 Å². The number of benzene rings is 1. The van der Waals surface area contributed by atoms with Gasteiger partial charge in [0.05, 0.1) is 0 Å². The monoisotopic (exact) mass is 258 g/mol. The number of furan rings is 1. The highest BCUT2D eigenvalue weighted by Crippen LogP contribution is 2.19. The molecule has 1 saturated heterocycles. The number of hydrogen-bond donors (Lipinski definition) is 2. The third-order valence-corrected chi connectivity index (χ3v) is 3.56. The highest BCUT2D eigenvalue weighted by atomic mass is 16.3. The quantitative estimate of drug-likeness (QED) is 0.869. The number of fused-ring (bicyclic) bond motifs is 1. The molecule has 4 nitrogen and oxygen atoms in total. The smallest absolute Gasteiger partial charge is 0.287 e. The van der Waals surface area contributed by atoms with Crippen LogP contribution < -0.4 is 10.6 Å². The van der Waals surface area contributed by atoms with Crippen LogP contribution in [0.2, 0.25) is 0 Å². The second kappa shape index (κ2) is 5.45. The number of rotatable bonds is 2. The highest BCUT2D eigenvalue weighted by Gasteiger charge is 2.18. The van der Waals surface area contributed by atoms with Crippen molar-refractivity contribution >= 4 is 16.9 Å². The van der Waals surface area contributed by atoms with Crippen LogP contribution in [0.4, 0.5) is 0 Å². The Morgan fingerprint density at radius 2 is 2.16 bits per heavy atom. The minimum atomic E-state index is -0.108. The summed E-state index contributed by atoms with van der Waals surface area (Å²) in [5, 5.41) is 7.37. The molecule has 0 aliphatic carbocycles. The van der Waals surface area contributed by atoms with Gasteiger partial charge in [-0.3, -0.25) is 4.79 Å². The lowest BCUT2D eigenvalue weighted by atomic mass is 10.1. The first-order chi connectivity index (χ1) is 9.33. The Kier molecular flexibility index (Phi) is 3.51. The zero-order chi connectivity index (χ0) is 13.1. The Bertz CT molecular complexity index is 535. The molecule has 1 fully saturated rings. The molecule has 1 atom stereocenters. The van der Waals surface area contributed by atoms with E-state index in [1.54, 1.807) is 6.07 Å². The van der Waals surface area contributed by atoms with Gasteiger partial charge in [-0.25, -0.2) is 0 Å². The van der Waals surface area contributed by atoms with E-state index in [1.807, 2.05) is 24.3 Å². The number of hydrogen-bond acceptors (Lipinski definition) is 3. The molecule has 1 aromatic carbocycles. The van der Waals surface area contributed by atoms with Crippen LogP contribution in [0.1, 0.15) is 29.8 Å². The van der Waals surface area contributed by atoms with E-state index in [-0.39, 0.29) is 11.9 Å². The van der Waals surface area contributed by atoms with E-state index >= 15 is 0 Å². The lowest BCUT2D eigenvalue weighted by Crippen LogP contribution is -2.35. The van der Waals surface area contributed by atoms with E-state index in [0.29, 0.717) is 5.76 Å². The van der Waals surface area contributed by atoms with Gasteiger partial charge in [0.15, 0.2) is 5.76 Å². The second-order valence-corrected chi connectivity index (χ2v) is 5.00. The minimum Gasteiger partial charge on any atom is -0.451 e. The van der Waals surface area contributed by atoms with Gasteiger partial charge in [-0.1, -0.05) is 18.2 Å². The molecule has 2 N–H and O–H groups in total. The zero-order valence-corrected chi connectivity index (χ0v) is 10.8. The molecule has 0 saturated carbocycles. The van der Waals surface area contributed by atoms with Gasteiger partial charge in [-0.2, -0.15) is 0 Å². The van der Waals surface area contributed by atoms with E-state index in [4.69, 9.17) is 4.42 Å². The molecule has 2 heterocycles. The summed E-state index contributed by atoms with van der Waals surface area (Å²) >= 11 is 0. The Balaban J connectivity index is 1.72.